The fraction of sp³-hybridized carbons (Fsp3) is 0.263. The van der Waals surface area contributed by atoms with E-state index in [0.717, 1.165) is 54.8 Å². The Labute approximate surface area is 154 Å². The number of alkyl halides is 3. The quantitative estimate of drug-likeness (QED) is 0.646. The molecule has 1 aromatic carbocycles. The van der Waals surface area contributed by atoms with Gasteiger partial charge in [0.2, 0.25) is 0 Å². The number of anilines is 1. The Morgan fingerprint density at radius 3 is 2.54 bits per heavy atom. The van der Waals surface area contributed by atoms with Crippen molar-refractivity contribution in [1.29, 1.82) is 0 Å². The minimum Gasteiger partial charge on any atom is -0.260 e. The number of rotatable bonds is 3. The van der Waals surface area contributed by atoms with E-state index >= 15 is 0 Å². The molecule has 1 aliphatic rings. The summed E-state index contributed by atoms with van der Waals surface area (Å²) in [6, 6.07) is 10.8. The van der Waals surface area contributed by atoms with Crippen molar-refractivity contribution in [3.8, 4) is 0 Å². The second-order valence-electron chi connectivity index (χ2n) is 6.01. The third-order valence-electron chi connectivity index (χ3n) is 4.09. The van der Waals surface area contributed by atoms with Crippen molar-refractivity contribution in [2.45, 2.75) is 31.9 Å². The van der Waals surface area contributed by atoms with Crippen LogP contribution >= 0.6 is 11.6 Å². The maximum Gasteiger partial charge on any atom is 0.417 e. The largest absolute Gasteiger partial charge is 0.417 e. The highest BCUT2D eigenvalue weighted by Gasteiger charge is 2.31. The Kier molecular flexibility index (Phi) is 5.61. The third-order valence-corrected chi connectivity index (χ3v) is 4.37. The van der Waals surface area contributed by atoms with Gasteiger partial charge in [-0.3, -0.25) is 5.43 Å². The predicted octanol–water partition coefficient (Wildman–Crippen LogP) is 6.18. The first-order valence-electron chi connectivity index (χ1n) is 8.25. The summed E-state index contributed by atoms with van der Waals surface area (Å²) in [6.45, 7) is 0. The first kappa shape index (κ1) is 18.5. The molecule has 1 heterocycles. The van der Waals surface area contributed by atoms with Gasteiger partial charge in [-0.15, -0.1) is 0 Å². The van der Waals surface area contributed by atoms with E-state index < -0.39 is 11.7 Å². The number of nitrogens with zero attached hydrogens (tertiary/aromatic N) is 2. The van der Waals surface area contributed by atoms with E-state index in [2.05, 4.69) is 21.6 Å². The molecular formula is C19H17ClF3N3. The van der Waals surface area contributed by atoms with Crippen molar-refractivity contribution in [3.05, 3.63) is 64.3 Å². The number of nitrogens with one attached hydrogen (secondary N) is 1. The van der Waals surface area contributed by atoms with Crippen LogP contribution < -0.4 is 5.43 Å². The summed E-state index contributed by atoms with van der Waals surface area (Å²) in [5.41, 5.74) is 4.90. The van der Waals surface area contributed by atoms with Gasteiger partial charge in [0, 0.05) is 6.20 Å². The van der Waals surface area contributed by atoms with Gasteiger partial charge in [-0.1, -0.05) is 41.9 Å². The number of benzene rings is 1. The van der Waals surface area contributed by atoms with Crippen molar-refractivity contribution in [2.75, 3.05) is 5.43 Å². The molecule has 0 bridgehead atoms. The summed E-state index contributed by atoms with van der Waals surface area (Å²) in [6.07, 6.45) is 2.15. The number of allylic oxidation sites excluding steroid dienone is 1. The van der Waals surface area contributed by atoms with E-state index in [1.807, 2.05) is 30.3 Å². The van der Waals surface area contributed by atoms with E-state index in [1.165, 1.54) is 0 Å². The second-order valence-corrected chi connectivity index (χ2v) is 6.42. The van der Waals surface area contributed by atoms with Gasteiger partial charge in [0.1, 0.15) is 0 Å². The third kappa shape index (κ3) is 4.64. The lowest BCUT2D eigenvalue weighted by atomic mass is 9.91. The number of hydrogen-bond acceptors (Lipinski definition) is 3. The van der Waals surface area contributed by atoms with Crippen molar-refractivity contribution >= 4 is 29.2 Å². The molecule has 3 rings (SSSR count). The molecule has 3 nitrogen and oxygen atoms in total. The molecule has 0 atom stereocenters. The number of pyridine rings is 1. The summed E-state index contributed by atoms with van der Waals surface area (Å²) in [5, 5.41) is 4.24. The van der Waals surface area contributed by atoms with Gasteiger partial charge < -0.3 is 0 Å². The Hall–Kier alpha value is -2.34. The highest BCUT2D eigenvalue weighted by molar-refractivity contribution is 6.33. The van der Waals surface area contributed by atoms with Crippen LogP contribution in [0.25, 0.3) is 6.08 Å². The van der Waals surface area contributed by atoms with Crippen LogP contribution in [0.15, 0.2) is 53.3 Å². The van der Waals surface area contributed by atoms with Gasteiger partial charge in [0.25, 0.3) is 0 Å². The summed E-state index contributed by atoms with van der Waals surface area (Å²) in [4.78, 5) is 3.75. The monoisotopic (exact) mass is 379 g/mol. The molecule has 1 N–H and O–H groups in total. The minimum absolute atomic E-state index is 0.108. The normalized spacial score (nSPS) is 18.3. The SMILES string of the molecule is FC(F)(F)c1cnc(N/N=C2\CCCC\C2=C\c2ccccc2)c(Cl)c1. The van der Waals surface area contributed by atoms with E-state index in [0.29, 0.717) is 0 Å². The molecule has 1 aromatic heterocycles. The van der Waals surface area contributed by atoms with Gasteiger partial charge >= 0.3 is 6.18 Å². The smallest absolute Gasteiger partial charge is 0.260 e. The first-order valence-corrected chi connectivity index (χ1v) is 8.62. The van der Waals surface area contributed by atoms with Crippen LogP contribution in [0.2, 0.25) is 5.02 Å². The fourth-order valence-corrected chi connectivity index (χ4v) is 2.95. The van der Waals surface area contributed by atoms with Crippen LogP contribution in [0, 0.1) is 0 Å². The van der Waals surface area contributed by atoms with E-state index in [1.54, 1.807) is 0 Å². The number of hydrogen-bond donors (Lipinski definition) is 1. The van der Waals surface area contributed by atoms with Crippen LogP contribution in [-0.4, -0.2) is 10.7 Å². The lowest BCUT2D eigenvalue weighted by Crippen LogP contribution is -2.12. The summed E-state index contributed by atoms with van der Waals surface area (Å²) < 4.78 is 38.0. The molecule has 1 aliphatic carbocycles. The van der Waals surface area contributed by atoms with Gasteiger partial charge in [0.15, 0.2) is 5.82 Å². The Morgan fingerprint density at radius 1 is 1.12 bits per heavy atom. The maximum absolute atomic E-state index is 12.7. The molecule has 1 saturated carbocycles. The van der Waals surface area contributed by atoms with Gasteiger partial charge in [-0.05, 0) is 49.0 Å². The van der Waals surface area contributed by atoms with E-state index in [4.69, 9.17) is 11.6 Å². The van der Waals surface area contributed by atoms with Crippen molar-refractivity contribution in [3.63, 3.8) is 0 Å². The zero-order chi connectivity index (χ0) is 18.6. The standard InChI is InChI=1S/C19H17ClF3N3/c20-16-11-15(19(21,22)23)12-24-18(16)26-25-17-9-5-4-8-14(17)10-13-6-2-1-3-7-13/h1-3,6-7,10-12H,4-5,8-9H2,(H,24,26)/b14-10-,25-17+. The molecule has 0 spiro atoms. The fourth-order valence-electron chi connectivity index (χ4n) is 2.74. The maximum atomic E-state index is 12.7. The van der Waals surface area contributed by atoms with Gasteiger partial charge in [-0.2, -0.15) is 18.3 Å². The van der Waals surface area contributed by atoms with Gasteiger partial charge in [-0.25, -0.2) is 4.98 Å². The molecular weight excluding hydrogens is 363 g/mol. The Morgan fingerprint density at radius 2 is 1.85 bits per heavy atom. The molecule has 0 saturated heterocycles. The number of hydrazone groups is 1. The lowest BCUT2D eigenvalue weighted by Gasteiger charge is -2.17. The van der Waals surface area contributed by atoms with Crippen molar-refractivity contribution < 1.29 is 13.2 Å². The molecule has 0 amide bonds. The topological polar surface area (TPSA) is 37.3 Å². The van der Waals surface area contributed by atoms with Gasteiger partial charge in [0.05, 0.1) is 16.3 Å². The summed E-state index contributed by atoms with van der Waals surface area (Å²) >= 11 is 5.91. The van der Waals surface area contributed by atoms with Crippen molar-refractivity contribution in [1.82, 2.24) is 4.98 Å². The molecule has 26 heavy (non-hydrogen) atoms. The predicted molar refractivity (Wildman–Crippen MR) is 98.2 cm³/mol. The van der Waals surface area contributed by atoms with Crippen LogP contribution in [0.4, 0.5) is 19.0 Å². The first-order chi connectivity index (χ1) is 12.4. The Balaban J connectivity index is 1.81. The van der Waals surface area contributed by atoms with Crippen LogP contribution in [0.3, 0.4) is 0 Å². The molecule has 0 aliphatic heterocycles. The highest BCUT2D eigenvalue weighted by atomic mass is 35.5. The zero-order valence-corrected chi connectivity index (χ0v) is 14.6. The average molecular weight is 380 g/mol. The highest BCUT2D eigenvalue weighted by Crippen LogP contribution is 2.32. The summed E-state index contributed by atoms with van der Waals surface area (Å²) in [5.74, 6) is 0.108. The molecule has 0 radical (unpaired) electrons. The van der Waals surface area contributed by atoms with E-state index in [9.17, 15) is 13.2 Å². The Bertz CT molecular complexity index is 830. The average Bonchev–Trinajstić information content (AvgIpc) is 2.62. The zero-order valence-electron chi connectivity index (χ0n) is 13.9. The minimum atomic E-state index is -4.48. The molecule has 136 valence electrons. The lowest BCUT2D eigenvalue weighted by molar-refractivity contribution is -0.137. The van der Waals surface area contributed by atoms with E-state index in [-0.39, 0.29) is 10.8 Å². The molecule has 1 fully saturated rings. The van der Waals surface area contributed by atoms with Crippen LogP contribution in [0.5, 0.6) is 0 Å². The number of halogens is 4. The van der Waals surface area contributed by atoms with Crippen molar-refractivity contribution in [2.24, 2.45) is 5.10 Å². The van der Waals surface area contributed by atoms with Crippen LogP contribution in [0.1, 0.15) is 36.8 Å². The number of aromatic nitrogens is 1. The molecule has 2 aromatic rings. The second kappa shape index (κ2) is 7.91. The summed E-state index contributed by atoms with van der Waals surface area (Å²) in [7, 11) is 0. The van der Waals surface area contributed by atoms with Crippen LogP contribution in [-0.2, 0) is 6.18 Å². The molecule has 7 heteroatoms. The molecule has 0 unspecified atom stereocenters.